The first-order chi connectivity index (χ1) is 9.22. The molecule has 0 aromatic carbocycles. The maximum absolute atomic E-state index is 12.5. The fraction of sp³-hybridized carbons (Fsp3) is 0.583. The molecule has 1 aromatic heterocycles. The van der Waals surface area contributed by atoms with Crippen LogP contribution in [0.3, 0.4) is 0 Å². The number of aromatic nitrogens is 2. The van der Waals surface area contributed by atoms with Crippen molar-refractivity contribution in [2.75, 3.05) is 0 Å². The van der Waals surface area contributed by atoms with Crippen LogP contribution in [-0.2, 0) is 12.8 Å². The number of aryl methyl sites for hydroxylation is 1. The number of rotatable bonds is 5. The van der Waals surface area contributed by atoms with Gasteiger partial charge in [-0.05, 0) is 25.3 Å². The molecule has 0 saturated heterocycles. The van der Waals surface area contributed by atoms with Gasteiger partial charge in [0.15, 0.2) is 6.10 Å². The standard InChI is InChI=1S/C12H15F3N2O3/c1-4-7-8(5-2)16-17-10(9(7)11(18)19)20-6(3)12(13,14)15/h6H,4-5H2,1-3H3,(H,18,19). The Morgan fingerprint density at radius 1 is 1.30 bits per heavy atom. The van der Waals surface area contributed by atoms with Crippen LogP contribution in [0.5, 0.6) is 5.88 Å². The van der Waals surface area contributed by atoms with E-state index in [9.17, 15) is 23.1 Å². The third kappa shape index (κ3) is 3.37. The van der Waals surface area contributed by atoms with Gasteiger partial charge in [0.1, 0.15) is 5.56 Å². The SMILES string of the molecule is CCc1nnc(OC(C)C(F)(F)F)c(C(=O)O)c1CC. The van der Waals surface area contributed by atoms with Gasteiger partial charge in [0, 0.05) is 0 Å². The molecule has 0 spiro atoms. The molecule has 1 atom stereocenters. The number of alkyl halides is 3. The largest absolute Gasteiger partial charge is 0.477 e. The molecule has 0 radical (unpaired) electrons. The second kappa shape index (κ2) is 6.06. The minimum Gasteiger partial charge on any atom is -0.477 e. The van der Waals surface area contributed by atoms with E-state index in [0.717, 1.165) is 6.92 Å². The van der Waals surface area contributed by atoms with Gasteiger partial charge < -0.3 is 9.84 Å². The summed E-state index contributed by atoms with van der Waals surface area (Å²) < 4.78 is 42.1. The van der Waals surface area contributed by atoms with Crippen LogP contribution < -0.4 is 4.74 Å². The number of halogens is 3. The van der Waals surface area contributed by atoms with Crippen LogP contribution in [-0.4, -0.2) is 33.6 Å². The number of carboxylic acids is 1. The monoisotopic (exact) mass is 292 g/mol. The predicted octanol–water partition coefficient (Wildman–Crippen LogP) is 2.63. The van der Waals surface area contributed by atoms with Crippen LogP contribution in [0.25, 0.3) is 0 Å². The van der Waals surface area contributed by atoms with Crippen molar-refractivity contribution in [1.82, 2.24) is 10.2 Å². The van der Waals surface area contributed by atoms with Crippen molar-refractivity contribution in [1.29, 1.82) is 0 Å². The molecule has 1 heterocycles. The van der Waals surface area contributed by atoms with Gasteiger partial charge in [-0.2, -0.15) is 18.3 Å². The molecule has 0 fully saturated rings. The summed E-state index contributed by atoms with van der Waals surface area (Å²) in [6, 6.07) is 0. The van der Waals surface area contributed by atoms with Gasteiger partial charge >= 0.3 is 12.1 Å². The Kier molecular flexibility index (Phi) is 4.91. The van der Waals surface area contributed by atoms with E-state index in [1.54, 1.807) is 13.8 Å². The third-order valence-electron chi connectivity index (χ3n) is 2.78. The van der Waals surface area contributed by atoms with E-state index in [1.165, 1.54) is 0 Å². The van der Waals surface area contributed by atoms with Gasteiger partial charge in [-0.15, -0.1) is 5.10 Å². The van der Waals surface area contributed by atoms with Crippen LogP contribution in [0.2, 0.25) is 0 Å². The highest BCUT2D eigenvalue weighted by atomic mass is 19.4. The maximum Gasteiger partial charge on any atom is 0.425 e. The van der Waals surface area contributed by atoms with Crippen molar-refractivity contribution in [3.8, 4) is 5.88 Å². The Bertz CT molecular complexity index is 503. The molecule has 112 valence electrons. The molecule has 20 heavy (non-hydrogen) atoms. The second-order valence-electron chi connectivity index (χ2n) is 4.12. The average molecular weight is 292 g/mol. The number of aromatic carboxylic acids is 1. The molecule has 1 unspecified atom stereocenters. The fourth-order valence-corrected chi connectivity index (χ4v) is 1.69. The number of ether oxygens (including phenoxy) is 1. The zero-order valence-corrected chi connectivity index (χ0v) is 11.3. The first-order valence-corrected chi connectivity index (χ1v) is 6.07. The molecule has 1 N–H and O–H groups in total. The Morgan fingerprint density at radius 2 is 1.90 bits per heavy atom. The van der Waals surface area contributed by atoms with E-state index in [-0.39, 0.29) is 5.56 Å². The number of hydrogen-bond donors (Lipinski definition) is 1. The van der Waals surface area contributed by atoms with Crippen LogP contribution in [0.4, 0.5) is 13.2 Å². The second-order valence-corrected chi connectivity index (χ2v) is 4.12. The zero-order valence-electron chi connectivity index (χ0n) is 11.3. The number of nitrogens with zero attached hydrogens (tertiary/aromatic N) is 2. The van der Waals surface area contributed by atoms with Crippen molar-refractivity contribution in [3.05, 3.63) is 16.8 Å². The summed E-state index contributed by atoms with van der Waals surface area (Å²) in [6.07, 6.45) is -6.01. The van der Waals surface area contributed by atoms with Crippen molar-refractivity contribution in [2.45, 2.75) is 45.9 Å². The lowest BCUT2D eigenvalue weighted by Gasteiger charge is -2.19. The lowest BCUT2D eigenvalue weighted by molar-refractivity contribution is -0.190. The molecule has 5 nitrogen and oxygen atoms in total. The highest BCUT2D eigenvalue weighted by Gasteiger charge is 2.39. The Morgan fingerprint density at radius 3 is 2.30 bits per heavy atom. The molecule has 1 aromatic rings. The summed E-state index contributed by atoms with van der Waals surface area (Å²) in [5.74, 6) is -1.98. The average Bonchev–Trinajstić information content (AvgIpc) is 2.36. The van der Waals surface area contributed by atoms with E-state index in [1.807, 2.05) is 0 Å². The van der Waals surface area contributed by atoms with Gasteiger partial charge in [-0.25, -0.2) is 4.79 Å². The number of carbonyl (C=O) groups is 1. The van der Waals surface area contributed by atoms with Crippen LogP contribution in [0.15, 0.2) is 0 Å². The van der Waals surface area contributed by atoms with Crippen molar-refractivity contribution < 1.29 is 27.8 Å². The van der Waals surface area contributed by atoms with E-state index >= 15 is 0 Å². The molecule has 1 rings (SSSR count). The van der Waals surface area contributed by atoms with Gasteiger partial charge in [0.2, 0.25) is 5.88 Å². The summed E-state index contributed by atoms with van der Waals surface area (Å²) in [5, 5.41) is 16.4. The normalized spacial score (nSPS) is 13.1. The zero-order chi connectivity index (χ0) is 15.5. The molecule has 0 saturated carbocycles. The van der Waals surface area contributed by atoms with E-state index in [2.05, 4.69) is 14.9 Å². The summed E-state index contributed by atoms with van der Waals surface area (Å²) in [7, 11) is 0. The highest BCUT2D eigenvalue weighted by Crippen LogP contribution is 2.28. The molecular weight excluding hydrogens is 277 g/mol. The van der Waals surface area contributed by atoms with Crippen molar-refractivity contribution >= 4 is 5.97 Å². The molecule has 0 aliphatic heterocycles. The lowest BCUT2D eigenvalue weighted by atomic mass is 10.0. The van der Waals surface area contributed by atoms with Gasteiger partial charge in [0.05, 0.1) is 5.69 Å². The topological polar surface area (TPSA) is 72.3 Å². The third-order valence-corrected chi connectivity index (χ3v) is 2.78. The van der Waals surface area contributed by atoms with Crippen LogP contribution in [0, 0.1) is 0 Å². The Balaban J connectivity index is 3.30. The maximum atomic E-state index is 12.5. The molecular formula is C12H15F3N2O3. The van der Waals surface area contributed by atoms with E-state index in [4.69, 9.17) is 0 Å². The summed E-state index contributed by atoms with van der Waals surface area (Å²) in [5.41, 5.74) is 0.437. The number of hydrogen-bond acceptors (Lipinski definition) is 4. The minimum absolute atomic E-state index is 0.317. The molecule has 8 heteroatoms. The Hall–Kier alpha value is -1.86. The fourth-order valence-electron chi connectivity index (χ4n) is 1.69. The first kappa shape index (κ1) is 16.2. The van der Waals surface area contributed by atoms with Crippen LogP contribution in [0.1, 0.15) is 42.4 Å². The summed E-state index contributed by atoms with van der Waals surface area (Å²) in [6.45, 7) is 4.24. The minimum atomic E-state index is -4.60. The van der Waals surface area contributed by atoms with Gasteiger partial charge in [0.25, 0.3) is 0 Å². The van der Waals surface area contributed by atoms with Gasteiger partial charge in [-0.3, -0.25) is 0 Å². The number of carboxylic acid groups (broad SMARTS) is 1. The van der Waals surface area contributed by atoms with Crippen molar-refractivity contribution in [2.24, 2.45) is 0 Å². The van der Waals surface area contributed by atoms with E-state index in [0.29, 0.717) is 24.1 Å². The first-order valence-electron chi connectivity index (χ1n) is 6.07. The van der Waals surface area contributed by atoms with E-state index < -0.39 is 24.1 Å². The quantitative estimate of drug-likeness (QED) is 0.903. The van der Waals surface area contributed by atoms with Crippen molar-refractivity contribution in [3.63, 3.8) is 0 Å². The molecule has 0 aliphatic rings. The smallest absolute Gasteiger partial charge is 0.425 e. The molecule has 0 aliphatic carbocycles. The van der Waals surface area contributed by atoms with Crippen LogP contribution >= 0.6 is 0 Å². The summed E-state index contributed by atoms with van der Waals surface area (Å²) >= 11 is 0. The van der Waals surface area contributed by atoms with Gasteiger partial charge in [-0.1, -0.05) is 13.8 Å². The lowest BCUT2D eigenvalue weighted by Crippen LogP contribution is -2.32. The molecule has 0 bridgehead atoms. The summed E-state index contributed by atoms with van der Waals surface area (Å²) in [4.78, 5) is 11.3. The highest BCUT2D eigenvalue weighted by molar-refractivity contribution is 5.92. The predicted molar refractivity (Wildman–Crippen MR) is 63.9 cm³/mol. The Labute approximate surface area is 113 Å². The molecule has 0 amide bonds.